The molecule has 0 aromatic carbocycles. The van der Waals surface area contributed by atoms with Crippen LogP contribution in [-0.2, 0) is 139 Å². The molecule has 0 atom stereocenters. The first-order valence-electron chi connectivity index (χ1n) is 0. The number of rotatable bonds is 0. The fourth-order valence-corrected chi connectivity index (χ4v) is 0. The molecule has 0 spiro atoms. The van der Waals surface area contributed by atoms with Gasteiger partial charge in [-0.2, -0.15) is 0 Å². The Morgan fingerprint density at radius 3 is 0.364 bits per heavy atom. The molecule has 0 fully saturated rings. The third kappa shape index (κ3) is 157. The summed E-state index contributed by atoms with van der Waals surface area (Å²) in [6.07, 6.45) is 0. The van der Waals surface area contributed by atoms with E-state index in [0.29, 0.717) is 0 Å². The fourth-order valence-electron chi connectivity index (χ4n) is 0. The van der Waals surface area contributed by atoms with Crippen molar-refractivity contribution in [1.29, 1.82) is 0 Å². The van der Waals surface area contributed by atoms with E-state index in [0.717, 1.165) is 0 Å². The average Bonchev–Trinajstić information content (AvgIpc) is 0. The molecule has 0 aliphatic heterocycles. The Bertz CT molecular complexity index is 20.4. The van der Waals surface area contributed by atoms with Crippen LogP contribution in [0.2, 0.25) is 0 Å². The number of hydrogen-bond acceptors (Lipinski definition) is 0. The van der Waals surface area contributed by atoms with Crippen LogP contribution in [-0.4, -0.2) is 0 Å². The van der Waals surface area contributed by atoms with Gasteiger partial charge in [-0.3, -0.25) is 0 Å². The van der Waals surface area contributed by atoms with Crippen molar-refractivity contribution in [3.8, 4) is 0 Å². The maximum atomic E-state index is 0. The second-order valence-electron chi connectivity index (χ2n) is 0. The van der Waals surface area contributed by atoms with Gasteiger partial charge in [0.15, 0.2) is 0 Å². The molecular formula is Ag2Co2Ni2O5. The first kappa shape index (κ1) is 234. The minimum atomic E-state index is 0. The summed E-state index contributed by atoms with van der Waals surface area (Å²) in [5.41, 5.74) is 0. The zero-order chi connectivity index (χ0) is 0. The minimum absolute atomic E-state index is 0. The number of hydrogen-bond donors (Lipinski definition) is 0. The van der Waals surface area contributed by atoms with Gasteiger partial charge in [0.25, 0.3) is 0 Å². The molecule has 90 valence electrons. The third-order valence-corrected chi connectivity index (χ3v) is 0. The van der Waals surface area contributed by atoms with Crippen molar-refractivity contribution in [2.75, 3.05) is 0 Å². The van der Waals surface area contributed by atoms with Gasteiger partial charge in [0.2, 0.25) is 0 Å². The van der Waals surface area contributed by atoms with Crippen molar-refractivity contribution in [2.24, 2.45) is 0 Å². The molecule has 11 heavy (non-hydrogen) atoms. The van der Waals surface area contributed by atoms with Crippen LogP contribution in [0.15, 0.2) is 0 Å². The molecule has 0 aromatic rings. The van der Waals surface area contributed by atoms with E-state index in [1.807, 2.05) is 0 Å². The van der Waals surface area contributed by atoms with Gasteiger partial charge in [-0.05, 0) is 0 Å². The maximum Gasteiger partial charge on any atom is 2.00 e. The van der Waals surface area contributed by atoms with Gasteiger partial charge < -0.3 is 27.4 Å². The average molecular weight is 531 g/mol. The molecule has 11 heteroatoms. The molecule has 0 heterocycles. The van der Waals surface area contributed by atoms with Crippen molar-refractivity contribution in [3.63, 3.8) is 0 Å². The van der Waals surface area contributed by atoms with E-state index >= 15 is 0 Å². The summed E-state index contributed by atoms with van der Waals surface area (Å²) in [5, 5.41) is 0. The molecule has 2 radical (unpaired) electrons. The van der Waals surface area contributed by atoms with Crippen molar-refractivity contribution < 1.29 is 139 Å². The molecule has 0 unspecified atom stereocenters. The van der Waals surface area contributed by atoms with Gasteiger partial charge in [-0.25, -0.2) is 0 Å². The molecular weight excluding hydrogens is 531 g/mol. The standard InChI is InChI=1S/2Ag.2Co.2Ni.5O/q2*+1;4*+2;5*-2. The normalized spacial score (nSPS) is 0. The van der Waals surface area contributed by atoms with E-state index in [1.54, 1.807) is 0 Å². The zero-order valence-corrected chi connectivity index (χ0v) is 11.0. The van der Waals surface area contributed by atoms with E-state index < -0.39 is 0 Å². The molecule has 0 aliphatic rings. The van der Waals surface area contributed by atoms with E-state index in [4.69, 9.17) is 0 Å². The van der Waals surface area contributed by atoms with Crippen molar-refractivity contribution in [1.82, 2.24) is 0 Å². The summed E-state index contributed by atoms with van der Waals surface area (Å²) in [6, 6.07) is 0. The molecule has 0 saturated heterocycles. The Morgan fingerprint density at radius 1 is 0.364 bits per heavy atom. The fraction of sp³-hybridized carbons (Fsp3) is 0. The Kier molecular flexibility index (Phi) is 3960. The SMILES string of the molecule is [Ag+].[Ag+].[Co+2].[Co+2].[Ni+2].[Ni+2].[O-2].[O-2].[O-2].[O-2].[O-2]. The molecule has 0 aromatic heterocycles. The zero-order valence-electron chi connectivity index (χ0n) is 3.94. The Hall–Kier alpha value is 3.28. The van der Waals surface area contributed by atoms with Gasteiger partial charge in [0.05, 0.1) is 0 Å². The van der Waals surface area contributed by atoms with Crippen LogP contribution in [0.5, 0.6) is 0 Å². The van der Waals surface area contributed by atoms with E-state index in [2.05, 4.69) is 0 Å². The van der Waals surface area contributed by atoms with Gasteiger partial charge >= 0.3 is 111 Å². The van der Waals surface area contributed by atoms with E-state index in [1.165, 1.54) is 0 Å². The third-order valence-electron chi connectivity index (χ3n) is 0. The predicted octanol–water partition coefficient (Wildman–Crippen LogP) is -0.609. The van der Waals surface area contributed by atoms with Crippen molar-refractivity contribution in [2.45, 2.75) is 0 Å². The molecule has 0 saturated carbocycles. The van der Waals surface area contributed by atoms with Crippen LogP contribution in [0.1, 0.15) is 0 Å². The molecule has 0 amide bonds. The summed E-state index contributed by atoms with van der Waals surface area (Å²) >= 11 is 0. The second kappa shape index (κ2) is 186. The molecule has 0 N–H and O–H groups in total. The summed E-state index contributed by atoms with van der Waals surface area (Å²) in [5.74, 6) is 0. The topological polar surface area (TPSA) is 142 Å². The Balaban J connectivity index is 0. The quantitative estimate of drug-likeness (QED) is 0.368. The van der Waals surface area contributed by atoms with Crippen LogP contribution in [0.4, 0.5) is 0 Å². The molecule has 0 rings (SSSR count). The summed E-state index contributed by atoms with van der Waals surface area (Å²) in [7, 11) is 0. The van der Waals surface area contributed by atoms with Crippen LogP contribution < -0.4 is 0 Å². The van der Waals surface area contributed by atoms with Gasteiger partial charge in [0, 0.05) is 0 Å². The van der Waals surface area contributed by atoms with Gasteiger partial charge in [-0.15, -0.1) is 0 Å². The first-order chi connectivity index (χ1) is 0. The van der Waals surface area contributed by atoms with Gasteiger partial charge in [0.1, 0.15) is 0 Å². The van der Waals surface area contributed by atoms with Crippen LogP contribution in [0, 0.1) is 0 Å². The molecule has 0 aliphatic carbocycles. The largest absolute Gasteiger partial charge is 2.00 e. The second-order valence-corrected chi connectivity index (χ2v) is 0. The van der Waals surface area contributed by atoms with Gasteiger partial charge in [-0.1, -0.05) is 0 Å². The summed E-state index contributed by atoms with van der Waals surface area (Å²) in [6.45, 7) is 0. The smallest absolute Gasteiger partial charge is 2.00 e. The monoisotopic (exact) mass is 528 g/mol. The summed E-state index contributed by atoms with van der Waals surface area (Å²) in [4.78, 5) is 0. The van der Waals surface area contributed by atoms with Crippen molar-refractivity contribution >= 4 is 0 Å². The Morgan fingerprint density at radius 2 is 0.364 bits per heavy atom. The predicted molar refractivity (Wildman–Crippen MR) is 3.43 cm³/mol. The van der Waals surface area contributed by atoms with Crippen LogP contribution in [0.3, 0.4) is 0 Å². The van der Waals surface area contributed by atoms with Crippen LogP contribution in [0.25, 0.3) is 0 Å². The summed E-state index contributed by atoms with van der Waals surface area (Å²) < 4.78 is 0. The van der Waals surface area contributed by atoms with Crippen molar-refractivity contribution in [3.05, 3.63) is 0 Å². The minimum Gasteiger partial charge on any atom is -2.00 e. The molecule has 0 bridgehead atoms. The van der Waals surface area contributed by atoms with Crippen LogP contribution >= 0.6 is 0 Å². The maximum absolute atomic E-state index is 0. The Labute approximate surface area is 137 Å². The van der Waals surface area contributed by atoms with E-state index in [-0.39, 0.29) is 139 Å². The molecule has 5 nitrogen and oxygen atoms in total. The first-order valence-corrected chi connectivity index (χ1v) is 0. The van der Waals surface area contributed by atoms with E-state index in [9.17, 15) is 0 Å².